The molecule has 132 valence electrons. The summed E-state index contributed by atoms with van der Waals surface area (Å²) in [7, 11) is 0. The Kier molecular flexibility index (Phi) is 4.63. The molecule has 0 radical (unpaired) electrons. The summed E-state index contributed by atoms with van der Waals surface area (Å²) in [5.41, 5.74) is 3.05. The zero-order chi connectivity index (χ0) is 17.3. The van der Waals surface area contributed by atoms with Crippen molar-refractivity contribution < 1.29 is 14.6 Å². The number of thiophene rings is 1. The van der Waals surface area contributed by atoms with Gasteiger partial charge in [-0.1, -0.05) is 24.3 Å². The van der Waals surface area contributed by atoms with Crippen molar-refractivity contribution >= 4 is 17.2 Å². The molecule has 0 unspecified atom stereocenters. The molecule has 25 heavy (non-hydrogen) atoms. The summed E-state index contributed by atoms with van der Waals surface area (Å²) < 4.78 is 6.21. The van der Waals surface area contributed by atoms with Gasteiger partial charge in [-0.05, 0) is 41.0 Å². The lowest BCUT2D eigenvalue weighted by Crippen LogP contribution is -2.48. The van der Waals surface area contributed by atoms with E-state index in [0.29, 0.717) is 6.42 Å². The molecule has 0 bridgehead atoms. The minimum absolute atomic E-state index is 0.0347. The van der Waals surface area contributed by atoms with Crippen LogP contribution >= 0.6 is 11.3 Å². The number of hydrogen-bond donors (Lipinski definition) is 1. The average Bonchev–Trinajstić information content (AvgIpc) is 3.13. The van der Waals surface area contributed by atoms with Crippen molar-refractivity contribution in [2.75, 3.05) is 19.7 Å². The summed E-state index contributed by atoms with van der Waals surface area (Å²) in [6, 6.07) is 9.82. The van der Waals surface area contributed by atoms with E-state index in [1.54, 1.807) is 0 Å². The highest BCUT2D eigenvalue weighted by Crippen LogP contribution is 2.43. The Bertz CT molecular complexity index is 745. The average molecular weight is 357 g/mol. The van der Waals surface area contributed by atoms with E-state index in [2.05, 4.69) is 11.4 Å². The molecule has 1 fully saturated rings. The van der Waals surface area contributed by atoms with Crippen LogP contribution < -0.4 is 0 Å². The van der Waals surface area contributed by atoms with Crippen molar-refractivity contribution in [3.63, 3.8) is 0 Å². The molecular weight excluding hydrogens is 334 g/mol. The molecule has 0 aliphatic carbocycles. The van der Waals surface area contributed by atoms with Gasteiger partial charge in [-0.3, -0.25) is 4.79 Å². The number of likely N-dealkylation sites (tertiary alicyclic amines) is 1. The molecule has 1 aromatic heterocycles. The van der Waals surface area contributed by atoms with Gasteiger partial charge in [0.25, 0.3) is 0 Å². The molecule has 3 heterocycles. The zero-order valence-corrected chi connectivity index (χ0v) is 15.1. The highest BCUT2D eigenvalue weighted by atomic mass is 32.1. The summed E-state index contributed by atoms with van der Waals surface area (Å²) >= 11 is 1.83. The number of carbonyl (C=O) groups is 1. The summed E-state index contributed by atoms with van der Waals surface area (Å²) in [5.74, 6) is 0.174. The first-order valence-electron chi connectivity index (χ1n) is 8.87. The van der Waals surface area contributed by atoms with E-state index in [4.69, 9.17) is 9.84 Å². The predicted molar refractivity (Wildman–Crippen MR) is 97.5 cm³/mol. The molecule has 0 saturated carbocycles. The maximum atomic E-state index is 12.6. The highest BCUT2D eigenvalue weighted by molar-refractivity contribution is 7.10. The van der Waals surface area contributed by atoms with Gasteiger partial charge in [-0.25, -0.2) is 0 Å². The van der Waals surface area contributed by atoms with E-state index in [0.717, 1.165) is 50.1 Å². The van der Waals surface area contributed by atoms with Crippen LogP contribution in [0, 0.1) is 0 Å². The number of amides is 1. The van der Waals surface area contributed by atoms with Gasteiger partial charge < -0.3 is 14.7 Å². The van der Waals surface area contributed by atoms with Crippen LogP contribution in [0.2, 0.25) is 0 Å². The van der Waals surface area contributed by atoms with Crippen molar-refractivity contribution in [3.8, 4) is 0 Å². The third kappa shape index (κ3) is 3.24. The number of ether oxygens (including phenoxy) is 1. The molecule has 4 nitrogen and oxygen atoms in total. The second-order valence-corrected chi connectivity index (χ2v) is 7.88. The van der Waals surface area contributed by atoms with Crippen LogP contribution in [-0.2, 0) is 34.6 Å². The van der Waals surface area contributed by atoms with E-state index in [9.17, 15) is 4.79 Å². The molecule has 1 aromatic carbocycles. The highest BCUT2D eigenvalue weighted by Gasteiger charge is 2.42. The SMILES string of the molecule is O=C(Cc1ccc(CO)cc1)N1CCC2(CC1)OCCc1sccc12. The van der Waals surface area contributed by atoms with Crippen molar-refractivity contribution in [2.45, 2.75) is 37.9 Å². The predicted octanol–water partition coefficient (Wildman–Crippen LogP) is 2.87. The molecule has 4 rings (SSSR count). The lowest BCUT2D eigenvalue weighted by molar-refractivity contribution is -0.139. The van der Waals surface area contributed by atoms with Crippen LogP contribution in [0.3, 0.4) is 0 Å². The zero-order valence-electron chi connectivity index (χ0n) is 14.2. The quantitative estimate of drug-likeness (QED) is 0.919. The number of hydrogen-bond acceptors (Lipinski definition) is 4. The minimum atomic E-state index is -0.173. The molecule has 1 saturated heterocycles. The molecule has 1 spiro atoms. The van der Waals surface area contributed by atoms with Crippen molar-refractivity contribution in [3.05, 3.63) is 57.3 Å². The number of carbonyl (C=O) groups excluding carboxylic acids is 1. The Morgan fingerprint density at radius 2 is 1.88 bits per heavy atom. The molecule has 1 amide bonds. The van der Waals surface area contributed by atoms with E-state index in [1.807, 2.05) is 40.5 Å². The van der Waals surface area contributed by atoms with E-state index >= 15 is 0 Å². The van der Waals surface area contributed by atoms with E-state index in [1.165, 1.54) is 10.4 Å². The van der Waals surface area contributed by atoms with Crippen molar-refractivity contribution in [1.29, 1.82) is 0 Å². The number of aliphatic hydroxyl groups is 1. The summed E-state index contributed by atoms with van der Waals surface area (Å²) in [6.45, 7) is 2.33. The Morgan fingerprint density at radius 1 is 1.16 bits per heavy atom. The maximum absolute atomic E-state index is 12.6. The van der Waals surface area contributed by atoms with Crippen LogP contribution in [0.4, 0.5) is 0 Å². The number of nitrogens with zero attached hydrogens (tertiary/aromatic N) is 1. The second-order valence-electron chi connectivity index (χ2n) is 6.88. The fourth-order valence-corrected chi connectivity index (χ4v) is 4.89. The van der Waals surface area contributed by atoms with Crippen LogP contribution in [0.5, 0.6) is 0 Å². The Balaban J connectivity index is 1.39. The molecule has 2 aliphatic heterocycles. The summed E-state index contributed by atoms with van der Waals surface area (Å²) in [5, 5.41) is 11.3. The fourth-order valence-electron chi connectivity index (χ4n) is 3.94. The lowest BCUT2D eigenvalue weighted by Gasteiger charge is -2.44. The van der Waals surface area contributed by atoms with Gasteiger partial charge in [-0.2, -0.15) is 0 Å². The molecule has 2 aliphatic rings. The lowest BCUT2D eigenvalue weighted by atomic mass is 9.82. The van der Waals surface area contributed by atoms with Crippen molar-refractivity contribution in [2.24, 2.45) is 0 Å². The van der Waals surface area contributed by atoms with Gasteiger partial charge in [0.2, 0.25) is 5.91 Å². The Labute approximate surface area is 152 Å². The fraction of sp³-hybridized carbons (Fsp3) is 0.450. The Morgan fingerprint density at radius 3 is 2.60 bits per heavy atom. The topological polar surface area (TPSA) is 49.8 Å². The number of aliphatic hydroxyl groups excluding tert-OH is 1. The van der Waals surface area contributed by atoms with Gasteiger partial charge in [0, 0.05) is 24.4 Å². The Hall–Kier alpha value is -1.69. The van der Waals surface area contributed by atoms with Gasteiger partial charge in [0.15, 0.2) is 0 Å². The van der Waals surface area contributed by atoms with Gasteiger partial charge in [-0.15, -0.1) is 11.3 Å². The molecular formula is C20H23NO3S. The normalized spacial score (nSPS) is 19.0. The van der Waals surface area contributed by atoms with E-state index in [-0.39, 0.29) is 18.1 Å². The van der Waals surface area contributed by atoms with E-state index < -0.39 is 0 Å². The number of rotatable bonds is 3. The molecule has 0 atom stereocenters. The number of piperidine rings is 1. The first-order valence-corrected chi connectivity index (χ1v) is 9.75. The first-order chi connectivity index (χ1) is 12.2. The second kappa shape index (κ2) is 6.90. The summed E-state index contributed by atoms with van der Waals surface area (Å²) in [4.78, 5) is 16.0. The minimum Gasteiger partial charge on any atom is -0.392 e. The van der Waals surface area contributed by atoms with Crippen LogP contribution in [0.25, 0.3) is 0 Å². The molecule has 5 heteroatoms. The third-order valence-corrected chi connectivity index (χ3v) is 6.41. The smallest absolute Gasteiger partial charge is 0.226 e. The summed E-state index contributed by atoms with van der Waals surface area (Å²) in [6.07, 6.45) is 3.20. The van der Waals surface area contributed by atoms with Crippen LogP contribution in [0.15, 0.2) is 35.7 Å². The van der Waals surface area contributed by atoms with Crippen LogP contribution in [0.1, 0.15) is 34.4 Å². The monoisotopic (exact) mass is 357 g/mol. The third-order valence-electron chi connectivity index (χ3n) is 5.43. The first kappa shape index (κ1) is 16.8. The number of benzene rings is 1. The number of fused-ring (bicyclic) bond motifs is 2. The van der Waals surface area contributed by atoms with Crippen molar-refractivity contribution in [1.82, 2.24) is 4.90 Å². The van der Waals surface area contributed by atoms with Crippen LogP contribution in [-0.4, -0.2) is 35.6 Å². The van der Waals surface area contributed by atoms with Gasteiger partial charge in [0.05, 0.1) is 25.2 Å². The standard InChI is InChI=1S/C20H23NO3S/c22-14-16-3-1-15(2-4-16)13-19(23)21-9-7-20(8-10-21)17-6-12-25-18(17)5-11-24-20/h1-4,6,12,22H,5,7-11,13-14H2. The molecule has 2 aromatic rings. The maximum Gasteiger partial charge on any atom is 0.226 e. The molecule has 1 N–H and O–H groups in total. The largest absolute Gasteiger partial charge is 0.392 e. The van der Waals surface area contributed by atoms with Gasteiger partial charge >= 0.3 is 0 Å². The van der Waals surface area contributed by atoms with Gasteiger partial charge in [0.1, 0.15) is 0 Å².